The van der Waals surface area contributed by atoms with E-state index >= 15 is 0 Å². The molecule has 1 atom stereocenters. The molecule has 1 aromatic heterocycles. The molecule has 3 heterocycles. The van der Waals surface area contributed by atoms with Crippen LogP contribution in [-0.4, -0.2) is 52.3 Å². The Hall–Kier alpha value is -3.09. The third kappa shape index (κ3) is 3.64. The van der Waals surface area contributed by atoms with Gasteiger partial charge in [-0.25, -0.2) is 0 Å². The van der Waals surface area contributed by atoms with Crippen LogP contribution in [0.3, 0.4) is 0 Å². The predicted molar refractivity (Wildman–Crippen MR) is 104 cm³/mol. The van der Waals surface area contributed by atoms with Crippen LogP contribution in [0, 0.1) is 5.92 Å². The highest BCUT2D eigenvalue weighted by molar-refractivity contribution is 5.89. The first-order valence-electron chi connectivity index (χ1n) is 9.87. The molecule has 2 saturated heterocycles. The van der Waals surface area contributed by atoms with Crippen LogP contribution in [0.15, 0.2) is 53.1 Å². The number of benzene rings is 1. The fraction of sp³-hybridized carbons (Fsp3) is 0.409. The zero-order valence-electron chi connectivity index (χ0n) is 16.1. The quantitative estimate of drug-likeness (QED) is 0.837. The van der Waals surface area contributed by atoms with Crippen LogP contribution < -0.4 is 0 Å². The SMILES string of the molecule is O=C1CC(C(=O)N2CCC(C(=O)O)(c3ccccc3)CC2)CN1Cc1ccco1. The van der Waals surface area contributed by atoms with Gasteiger partial charge in [0.15, 0.2) is 0 Å². The Balaban J connectivity index is 1.40. The number of carbonyl (C=O) groups is 3. The van der Waals surface area contributed by atoms with Crippen molar-refractivity contribution in [2.75, 3.05) is 19.6 Å². The Morgan fingerprint density at radius 1 is 1.10 bits per heavy atom. The lowest BCUT2D eigenvalue weighted by Crippen LogP contribution is -2.50. The highest BCUT2D eigenvalue weighted by atomic mass is 16.4. The molecule has 2 fully saturated rings. The third-order valence-electron chi connectivity index (χ3n) is 6.15. The van der Waals surface area contributed by atoms with E-state index in [2.05, 4.69) is 0 Å². The van der Waals surface area contributed by atoms with Crippen LogP contribution in [0.25, 0.3) is 0 Å². The third-order valence-corrected chi connectivity index (χ3v) is 6.15. The summed E-state index contributed by atoms with van der Waals surface area (Å²) >= 11 is 0. The molecule has 1 N–H and O–H groups in total. The number of aliphatic carboxylic acids is 1. The highest BCUT2D eigenvalue weighted by Crippen LogP contribution is 2.36. The number of nitrogens with zero attached hydrogens (tertiary/aromatic N) is 2. The van der Waals surface area contributed by atoms with Gasteiger partial charge < -0.3 is 19.3 Å². The van der Waals surface area contributed by atoms with Gasteiger partial charge in [-0.1, -0.05) is 30.3 Å². The summed E-state index contributed by atoms with van der Waals surface area (Å²) in [5.74, 6) is -0.658. The normalized spacial score (nSPS) is 21.4. The van der Waals surface area contributed by atoms with E-state index in [1.807, 2.05) is 36.4 Å². The van der Waals surface area contributed by atoms with Crippen molar-refractivity contribution in [3.63, 3.8) is 0 Å². The van der Waals surface area contributed by atoms with Gasteiger partial charge in [-0.15, -0.1) is 0 Å². The van der Waals surface area contributed by atoms with Crippen LogP contribution in [0.4, 0.5) is 0 Å². The second kappa shape index (κ2) is 7.73. The zero-order valence-corrected chi connectivity index (χ0v) is 16.1. The minimum Gasteiger partial charge on any atom is -0.481 e. The largest absolute Gasteiger partial charge is 0.481 e. The van der Waals surface area contributed by atoms with Gasteiger partial charge in [-0.05, 0) is 30.5 Å². The molecule has 2 aliphatic heterocycles. The molecule has 1 aromatic carbocycles. The Kier molecular flexibility index (Phi) is 5.13. The summed E-state index contributed by atoms with van der Waals surface area (Å²) in [5.41, 5.74) is -0.185. The second-order valence-corrected chi connectivity index (χ2v) is 7.83. The molecule has 0 bridgehead atoms. The molecule has 0 aliphatic carbocycles. The molecular formula is C22H24N2O5. The first-order valence-corrected chi connectivity index (χ1v) is 9.87. The lowest BCUT2D eigenvalue weighted by atomic mass is 9.72. The molecule has 1 unspecified atom stereocenters. The molecule has 29 heavy (non-hydrogen) atoms. The van der Waals surface area contributed by atoms with Gasteiger partial charge in [0.2, 0.25) is 11.8 Å². The number of piperidine rings is 1. The van der Waals surface area contributed by atoms with E-state index < -0.39 is 11.4 Å². The Morgan fingerprint density at radius 2 is 1.83 bits per heavy atom. The molecule has 2 aromatic rings. The topological polar surface area (TPSA) is 91.1 Å². The van der Waals surface area contributed by atoms with Gasteiger partial charge in [-0.2, -0.15) is 0 Å². The molecule has 0 radical (unpaired) electrons. The van der Waals surface area contributed by atoms with E-state index in [9.17, 15) is 19.5 Å². The fourth-order valence-corrected chi connectivity index (χ4v) is 4.43. The van der Waals surface area contributed by atoms with E-state index in [0.29, 0.717) is 44.8 Å². The summed E-state index contributed by atoms with van der Waals surface area (Å²) in [4.78, 5) is 40.8. The number of carboxylic acid groups (broad SMARTS) is 1. The summed E-state index contributed by atoms with van der Waals surface area (Å²) < 4.78 is 5.30. The minimum absolute atomic E-state index is 0.0547. The van der Waals surface area contributed by atoms with Gasteiger partial charge in [-0.3, -0.25) is 14.4 Å². The number of likely N-dealkylation sites (tertiary alicyclic amines) is 2. The maximum atomic E-state index is 13.0. The monoisotopic (exact) mass is 396 g/mol. The van der Waals surface area contributed by atoms with E-state index in [0.717, 1.165) is 5.56 Å². The summed E-state index contributed by atoms with van der Waals surface area (Å²) in [6.45, 7) is 1.50. The fourth-order valence-electron chi connectivity index (χ4n) is 4.43. The first kappa shape index (κ1) is 19.2. The number of rotatable bonds is 5. The molecule has 2 amide bonds. The summed E-state index contributed by atoms with van der Waals surface area (Å²) in [6.07, 6.45) is 2.50. The number of carboxylic acids is 1. The minimum atomic E-state index is -0.963. The zero-order chi connectivity index (χ0) is 20.4. The lowest BCUT2D eigenvalue weighted by molar-refractivity contribution is -0.149. The van der Waals surface area contributed by atoms with Gasteiger partial charge in [0, 0.05) is 26.1 Å². The molecule has 152 valence electrons. The standard InChI is InChI=1S/C22H24N2O5/c25-19-13-16(14-24(19)15-18-7-4-12-29-18)20(26)23-10-8-22(9-11-23,21(27)28)17-5-2-1-3-6-17/h1-7,12,16H,8-11,13-15H2,(H,27,28). The molecule has 2 aliphatic rings. The predicted octanol–water partition coefficient (Wildman–Crippen LogP) is 2.27. The number of hydrogen-bond acceptors (Lipinski definition) is 4. The number of hydrogen-bond donors (Lipinski definition) is 1. The van der Waals surface area contributed by atoms with Crippen LogP contribution in [-0.2, 0) is 26.3 Å². The van der Waals surface area contributed by atoms with E-state index in [1.54, 1.807) is 22.1 Å². The maximum Gasteiger partial charge on any atom is 0.314 e. The van der Waals surface area contributed by atoms with Crippen LogP contribution >= 0.6 is 0 Å². The Labute approximate surface area is 168 Å². The van der Waals surface area contributed by atoms with Gasteiger partial charge in [0.05, 0.1) is 24.1 Å². The molecule has 7 heteroatoms. The summed E-state index contributed by atoms with van der Waals surface area (Å²) in [5, 5.41) is 9.91. The van der Waals surface area contributed by atoms with E-state index in [4.69, 9.17) is 4.42 Å². The first-order chi connectivity index (χ1) is 14.0. The van der Waals surface area contributed by atoms with Crippen LogP contribution in [0.2, 0.25) is 0 Å². The van der Waals surface area contributed by atoms with Crippen molar-refractivity contribution in [3.05, 3.63) is 60.1 Å². The van der Waals surface area contributed by atoms with Crippen molar-refractivity contribution in [3.8, 4) is 0 Å². The number of carbonyl (C=O) groups excluding carboxylic acids is 2. The number of furan rings is 1. The average molecular weight is 396 g/mol. The summed E-state index contributed by atoms with van der Waals surface area (Å²) in [6, 6.07) is 12.8. The maximum absolute atomic E-state index is 13.0. The van der Waals surface area contributed by atoms with Crippen LogP contribution in [0.1, 0.15) is 30.6 Å². The highest BCUT2D eigenvalue weighted by Gasteiger charge is 2.45. The van der Waals surface area contributed by atoms with Crippen molar-refractivity contribution in [2.24, 2.45) is 5.92 Å². The molecule has 0 spiro atoms. The Bertz CT molecular complexity index is 885. The lowest BCUT2D eigenvalue weighted by Gasteiger charge is -2.40. The Morgan fingerprint density at radius 3 is 2.45 bits per heavy atom. The van der Waals surface area contributed by atoms with Crippen molar-refractivity contribution in [1.29, 1.82) is 0 Å². The summed E-state index contributed by atoms with van der Waals surface area (Å²) in [7, 11) is 0. The van der Waals surface area contributed by atoms with E-state index in [1.165, 1.54) is 0 Å². The van der Waals surface area contributed by atoms with Crippen molar-refractivity contribution >= 4 is 17.8 Å². The molecular weight excluding hydrogens is 372 g/mol. The van der Waals surface area contributed by atoms with Crippen molar-refractivity contribution < 1.29 is 23.9 Å². The van der Waals surface area contributed by atoms with Crippen molar-refractivity contribution in [2.45, 2.75) is 31.2 Å². The van der Waals surface area contributed by atoms with Crippen molar-refractivity contribution in [1.82, 2.24) is 9.80 Å². The van der Waals surface area contributed by atoms with Gasteiger partial charge >= 0.3 is 5.97 Å². The average Bonchev–Trinajstić information content (AvgIpc) is 3.38. The second-order valence-electron chi connectivity index (χ2n) is 7.83. The number of amides is 2. The van der Waals surface area contributed by atoms with Gasteiger partial charge in [0.25, 0.3) is 0 Å². The molecule has 0 saturated carbocycles. The molecule has 4 rings (SSSR count). The molecule has 7 nitrogen and oxygen atoms in total. The van der Waals surface area contributed by atoms with E-state index in [-0.39, 0.29) is 24.2 Å². The van der Waals surface area contributed by atoms with Gasteiger partial charge in [0.1, 0.15) is 5.76 Å². The smallest absolute Gasteiger partial charge is 0.314 e. The van der Waals surface area contributed by atoms with Crippen LogP contribution in [0.5, 0.6) is 0 Å².